The summed E-state index contributed by atoms with van der Waals surface area (Å²) in [5.74, 6) is -0.893. The molecule has 1 aromatic carbocycles. The van der Waals surface area contributed by atoms with E-state index in [9.17, 15) is 9.59 Å². The molecule has 0 saturated carbocycles. The predicted molar refractivity (Wildman–Crippen MR) is 106 cm³/mol. The number of methoxy groups -OCH3 is 1. The summed E-state index contributed by atoms with van der Waals surface area (Å²) in [6.45, 7) is 4.92. The lowest BCUT2D eigenvalue weighted by atomic mass is 9.91. The molecule has 0 radical (unpaired) electrons. The summed E-state index contributed by atoms with van der Waals surface area (Å²) in [6.07, 6.45) is 6.63. The first-order chi connectivity index (χ1) is 13.4. The number of likely N-dealkylation sites (tertiary alicyclic amines) is 1. The maximum absolute atomic E-state index is 11.6. The van der Waals surface area contributed by atoms with Gasteiger partial charge in [-0.25, -0.2) is 9.78 Å². The normalized spacial score (nSPS) is 17.0. The van der Waals surface area contributed by atoms with Crippen LogP contribution in [-0.2, 0) is 19.1 Å². The lowest BCUT2D eigenvalue weighted by molar-refractivity contribution is -0.184. The van der Waals surface area contributed by atoms with Gasteiger partial charge in [0, 0.05) is 45.2 Å². The van der Waals surface area contributed by atoms with Gasteiger partial charge < -0.3 is 18.9 Å². The Morgan fingerprint density at radius 3 is 2.32 bits per heavy atom. The molecule has 152 valence electrons. The van der Waals surface area contributed by atoms with Gasteiger partial charge in [-0.15, -0.1) is 0 Å². The first-order valence-corrected chi connectivity index (χ1v) is 9.37. The van der Waals surface area contributed by atoms with Crippen LogP contribution in [0.2, 0.25) is 0 Å². The Balaban J connectivity index is 0.000000202. The second-order valence-electron chi connectivity index (χ2n) is 6.98. The Bertz CT molecular complexity index is 738. The molecule has 0 bridgehead atoms. The van der Waals surface area contributed by atoms with E-state index >= 15 is 0 Å². The van der Waals surface area contributed by atoms with Gasteiger partial charge in [-0.2, -0.15) is 0 Å². The highest BCUT2D eigenvalue weighted by Crippen LogP contribution is 2.27. The van der Waals surface area contributed by atoms with Gasteiger partial charge in [-0.3, -0.25) is 4.79 Å². The van der Waals surface area contributed by atoms with Crippen LogP contribution in [0.3, 0.4) is 0 Å². The number of piperidine rings is 1. The number of carbonyl (C=O) groups is 2. The Hall–Kier alpha value is -2.67. The molecule has 1 saturated heterocycles. The van der Waals surface area contributed by atoms with Crippen molar-refractivity contribution in [1.82, 2.24) is 14.5 Å². The molecule has 1 unspecified atom stereocenters. The number of imidazole rings is 1. The molecule has 1 aliphatic rings. The highest BCUT2D eigenvalue weighted by molar-refractivity contribution is 5.83. The van der Waals surface area contributed by atoms with Crippen LogP contribution in [0.5, 0.6) is 0 Å². The van der Waals surface area contributed by atoms with E-state index in [0.29, 0.717) is 18.9 Å². The Morgan fingerprint density at radius 2 is 1.82 bits per heavy atom. The van der Waals surface area contributed by atoms with Crippen molar-refractivity contribution in [2.24, 2.45) is 0 Å². The van der Waals surface area contributed by atoms with Crippen molar-refractivity contribution in [3.05, 3.63) is 54.6 Å². The van der Waals surface area contributed by atoms with E-state index in [1.165, 1.54) is 19.6 Å². The minimum Gasteiger partial charge on any atom is -0.466 e. The molecule has 3 rings (SSSR count). The van der Waals surface area contributed by atoms with Gasteiger partial charge in [-0.1, -0.05) is 30.3 Å². The van der Waals surface area contributed by atoms with Gasteiger partial charge in [0.15, 0.2) is 0 Å². The number of ether oxygens (including phenoxy) is 2. The molecule has 0 amide bonds. The van der Waals surface area contributed by atoms with Gasteiger partial charge in [0.1, 0.15) is 0 Å². The lowest BCUT2D eigenvalue weighted by Crippen LogP contribution is -2.51. The molecule has 1 aromatic heterocycles. The van der Waals surface area contributed by atoms with Crippen molar-refractivity contribution in [1.29, 1.82) is 0 Å². The first-order valence-electron chi connectivity index (χ1n) is 9.37. The van der Waals surface area contributed by atoms with E-state index in [1.807, 2.05) is 25.6 Å². The number of esters is 2. The Labute approximate surface area is 166 Å². The zero-order valence-electron chi connectivity index (χ0n) is 17.0. The highest BCUT2D eigenvalue weighted by atomic mass is 16.6. The zero-order valence-corrected chi connectivity index (χ0v) is 17.0. The third kappa shape index (κ3) is 5.66. The van der Waals surface area contributed by atoms with Crippen LogP contribution in [0.1, 0.15) is 38.3 Å². The molecular weight excluding hydrogens is 358 g/mol. The van der Waals surface area contributed by atoms with Crippen molar-refractivity contribution in [3.8, 4) is 0 Å². The summed E-state index contributed by atoms with van der Waals surface area (Å²) < 4.78 is 11.9. The van der Waals surface area contributed by atoms with E-state index in [2.05, 4.69) is 45.6 Å². The van der Waals surface area contributed by atoms with E-state index in [-0.39, 0.29) is 0 Å². The quantitative estimate of drug-likeness (QED) is 0.751. The number of hydrogen-bond donors (Lipinski definition) is 0. The van der Waals surface area contributed by atoms with Crippen LogP contribution in [0.15, 0.2) is 49.1 Å². The van der Waals surface area contributed by atoms with Crippen LogP contribution in [0.4, 0.5) is 0 Å². The van der Waals surface area contributed by atoms with Crippen molar-refractivity contribution >= 4 is 11.9 Å². The Kier molecular flexibility index (Phi) is 7.75. The van der Waals surface area contributed by atoms with E-state index in [0.717, 1.165) is 13.1 Å². The zero-order chi connectivity index (χ0) is 20.6. The molecule has 0 spiro atoms. The summed E-state index contributed by atoms with van der Waals surface area (Å²) in [6, 6.07) is 10.8. The van der Waals surface area contributed by atoms with Crippen LogP contribution in [0, 0.1) is 0 Å². The van der Waals surface area contributed by atoms with Gasteiger partial charge in [0.05, 0.1) is 19.5 Å². The molecule has 1 aliphatic heterocycles. The van der Waals surface area contributed by atoms with E-state index < -0.39 is 17.5 Å². The molecule has 7 heteroatoms. The number of benzene rings is 1. The smallest absolute Gasteiger partial charge is 0.350 e. The topological polar surface area (TPSA) is 73.7 Å². The maximum Gasteiger partial charge on any atom is 0.350 e. The van der Waals surface area contributed by atoms with Gasteiger partial charge in [-0.05, 0) is 19.5 Å². The second kappa shape index (κ2) is 10.0. The first kappa shape index (κ1) is 21.6. The fourth-order valence-electron chi connectivity index (χ4n) is 3.19. The summed E-state index contributed by atoms with van der Waals surface area (Å²) >= 11 is 0. The standard InChI is InChI=1S/C11H12N2.C10H17NO4/c1-10(13-8-7-12-9-13)11-5-3-2-4-6-11;1-8(12)15-10(9(13)14-3)4-6-11(2)7-5-10/h2-10H,1H3;4-7H2,1-3H3. The van der Waals surface area contributed by atoms with Crippen molar-refractivity contribution in [2.75, 3.05) is 27.2 Å². The van der Waals surface area contributed by atoms with Crippen LogP contribution >= 0.6 is 0 Å². The van der Waals surface area contributed by atoms with Crippen molar-refractivity contribution in [2.45, 2.75) is 38.3 Å². The Morgan fingerprint density at radius 1 is 1.18 bits per heavy atom. The predicted octanol–water partition coefficient (Wildman–Crippen LogP) is 2.68. The number of aromatic nitrogens is 2. The third-order valence-corrected chi connectivity index (χ3v) is 4.95. The fourth-order valence-corrected chi connectivity index (χ4v) is 3.19. The van der Waals surface area contributed by atoms with E-state index in [4.69, 9.17) is 9.47 Å². The van der Waals surface area contributed by atoms with Gasteiger partial charge in [0.25, 0.3) is 0 Å². The summed E-state index contributed by atoms with van der Waals surface area (Å²) in [4.78, 5) is 28.7. The third-order valence-electron chi connectivity index (χ3n) is 4.95. The van der Waals surface area contributed by atoms with Crippen LogP contribution < -0.4 is 0 Å². The van der Waals surface area contributed by atoms with Crippen molar-refractivity contribution < 1.29 is 19.1 Å². The SMILES string of the molecule is CC(c1ccccc1)n1ccnc1.COC(=O)C1(OC(C)=O)CCN(C)CC1. The van der Waals surface area contributed by atoms with Gasteiger partial charge in [0.2, 0.25) is 5.60 Å². The molecule has 28 heavy (non-hydrogen) atoms. The number of rotatable bonds is 4. The minimum atomic E-state index is -1.06. The monoisotopic (exact) mass is 387 g/mol. The maximum atomic E-state index is 11.6. The molecule has 2 heterocycles. The van der Waals surface area contributed by atoms with Gasteiger partial charge >= 0.3 is 11.9 Å². The molecule has 0 N–H and O–H groups in total. The number of nitrogens with zero attached hydrogens (tertiary/aromatic N) is 3. The average molecular weight is 387 g/mol. The van der Waals surface area contributed by atoms with E-state index in [1.54, 1.807) is 6.20 Å². The number of hydrogen-bond acceptors (Lipinski definition) is 6. The summed E-state index contributed by atoms with van der Waals surface area (Å²) in [5.41, 5.74) is 0.244. The minimum absolute atomic E-state index is 0.365. The highest BCUT2D eigenvalue weighted by Gasteiger charge is 2.45. The average Bonchev–Trinajstić information content (AvgIpc) is 3.24. The van der Waals surface area contributed by atoms with Crippen LogP contribution in [0.25, 0.3) is 0 Å². The molecule has 7 nitrogen and oxygen atoms in total. The fraction of sp³-hybridized carbons (Fsp3) is 0.476. The van der Waals surface area contributed by atoms with Crippen LogP contribution in [-0.4, -0.2) is 59.2 Å². The molecular formula is C21H29N3O4. The summed E-state index contributed by atoms with van der Waals surface area (Å²) in [5, 5.41) is 0. The summed E-state index contributed by atoms with van der Waals surface area (Å²) in [7, 11) is 3.28. The molecule has 1 atom stereocenters. The lowest BCUT2D eigenvalue weighted by Gasteiger charge is -2.37. The molecule has 1 fully saturated rings. The largest absolute Gasteiger partial charge is 0.466 e. The van der Waals surface area contributed by atoms with Crippen molar-refractivity contribution in [3.63, 3.8) is 0 Å². The molecule has 2 aromatic rings. The number of carbonyl (C=O) groups excluding carboxylic acids is 2. The second-order valence-corrected chi connectivity index (χ2v) is 6.98. The molecule has 0 aliphatic carbocycles.